The molecular weight excluding hydrogens is 387 g/mol. The topological polar surface area (TPSA) is 48.9 Å². The Balaban J connectivity index is 1.36. The number of hydrogen-bond acceptors (Lipinski definition) is 4. The van der Waals surface area contributed by atoms with E-state index in [-0.39, 0.29) is 11.2 Å². The summed E-state index contributed by atoms with van der Waals surface area (Å²) in [6, 6.07) is 11.6. The second-order valence-electron chi connectivity index (χ2n) is 7.78. The molecule has 7 heteroatoms. The maximum atomic E-state index is 13.6. The lowest BCUT2D eigenvalue weighted by Crippen LogP contribution is -2.47. The van der Waals surface area contributed by atoms with Gasteiger partial charge in [0.1, 0.15) is 5.82 Å². The van der Waals surface area contributed by atoms with E-state index in [9.17, 15) is 4.39 Å². The van der Waals surface area contributed by atoms with Crippen molar-refractivity contribution in [2.45, 2.75) is 24.3 Å². The molecule has 1 aliphatic heterocycles. The minimum absolute atomic E-state index is 0.0249. The minimum Gasteiger partial charge on any atom is -0.379 e. The van der Waals surface area contributed by atoms with Crippen LogP contribution in [0.2, 0.25) is 0 Å². The Morgan fingerprint density at radius 3 is 2.72 bits per heavy atom. The van der Waals surface area contributed by atoms with Gasteiger partial charge in [-0.3, -0.25) is 9.89 Å². The van der Waals surface area contributed by atoms with Gasteiger partial charge in [0, 0.05) is 43.5 Å². The largest absolute Gasteiger partial charge is 0.379 e. The van der Waals surface area contributed by atoms with Crippen LogP contribution in [0.4, 0.5) is 4.39 Å². The Kier molecular flexibility index (Phi) is 6.47. The monoisotopic (exact) mass is 416 g/mol. The van der Waals surface area contributed by atoms with E-state index in [1.807, 2.05) is 6.07 Å². The maximum absolute atomic E-state index is 13.6. The summed E-state index contributed by atoms with van der Waals surface area (Å²) in [5.74, 6) is 0.628. The molecular formula is C22H29FN4OS. The van der Waals surface area contributed by atoms with Crippen molar-refractivity contribution < 1.29 is 9.13 Å². The normalized spacial score (nSPS) is 20.3. The number of nitrogens with zero attached hydrogens (tertiary/aromatic N) is 2. The van der Waals surface area contributed by atoms with Gasteiger partial charge in [0.2, 0.25) is 0 Å². The molecule has 1 aromatic carbocycles. The average Bonchev–Trinajstić information content (AvgIpc) is 3.36. The fourth-order valence-electron chi connectivity index (χ4n) is 3.98. The fraction of sp³-hybridized carbons (Fsp3) is 0.500. The van der Waals surface area contributed by atoms with Crippen molar-refractivity contribution in [2.75, 3.05) is 46.4 Å². The van der Waals surface area contributed by atoms with Gasteiger partial charge in [-0.15, -0.1) is 11.3 Å². The Morgan fingerprint density at radius 2 is 2.07 bits per heavy atom. The number of thiophene rings is 1. The van der Waals surface area contributed by atoms with Gasteiger partial charge in [-0.25, -0.2) is 4.39 Å². The Hall–Kier alpha value is -1.96. The molecule has 0 spiro atoms. The molecule has 29 heavy (non-hydrogen) atoms. The van der Waals surface area contributed by atoms with Crippen molar-refractivity contribution in [2.24, 2.45) is 4.99 Å². The summed E-state index contributed by atoms with van der Waals surface area (Å²) in [5, 5.41) is 9.11. The Labute approximate surface area is 176 Å². The van der Waals surface area contributed by atoms with Crippen LogP contribution in [-0.2, 0) is 10.2 Å². The molecule has 0 bridgehead atoms. The number of hydrogen-bond donors (Lipinski definition) is 2. The first-order valence-corrected chi connectivity index (χ1v) is 11.1. The van der Waals surface area contributed by atoms with E-state index in [1.54, 1.807) is 30.5 Å². The Bertz CT molecular complexity index is 816. The second-order valence-corrected chi connectivity index (χ2v) is 8.76. The van der Waals surface area contributed by atoms with Crippen molar-refractivity contribution in [3.63, 3.8) is 0 Å². The zero-order chi connectivity index (χ0) is 20.1. The number of ether oxygens (including phenoxy) is 1. The second kappa shape index (κ2) is 9.24. The standard InChI is InChI=1S/C22H29FN4OS/c1-24-21(26-16-22(7-8-22)17-4-2-5-18(23)14-17)25-15-19(20-6-3-13-29-20)27-9-11-28-12-10-27/h2-6,13-14,19H,7-12,15-16H2,1H3,(H2,24,25,26). The smallest absolute Gasteiger partial charge is 0.191 e. The third-order valence-electron chi connectivity index (χ3n) is 5.93. The first-order valence-electron chi connectivity index (χ1n) is 10.3. The van der Waals surface area contributed by atoms with Crippen LogP contribution in [0, 0.1) is 5.82 Å². The maximum Gasteiger partial charge on any atom is 0.191 e. The molecule has 2 aromatic rings. The summed E-state index contributed by atoms with van der Waals surface area (Å²) in [4.78, 5) is 8.24. The van der Waals surface area contributed by atoms with Crippen LogP contribution < -0.4 is 10.6 Å². The molecule has 5 nitrogen and oxygen atoms in total. The molecule has 156 valence electrons. The number of aliphatic imine (C=N–C) groups is 1. The number of guanidine groups is 1. The zero-order valence-corrected chi connectivity index (χ0v) is 17.7. The lowest BCUT2D eigenvalue weighted by Gasteiger charge is -2.34. The number of benzene rings is 1. The van der Waals surface area contributed by atoms with Gasteiger partial charge in [0.25, 0.3) is 0 Å². The van der Waals surface area contributed by atoms with Crippen LogP contribution in [0.3, 0.4) is 0 Å². The first kappa shape index (κ1) is 20.3. The van der Waals surface area contributed by atoms with Crippen molar-refractivity contribution in [1.29, 1.82) is 0 Å². The lowest BCUT2D eigenvalue weighted by atomic mass is 9.96. The van der Waals surface area contributed by atoms with E-state index in [0.29, 0.717) is 6.04 Å². The van der Waals surface area contributed by atoms with Gasteiger partial charge in [0.15, 0.2) is 5.96 Å². The minimum atomic E-state index is -0.166. The summed E-state index contributed by atoms with van der Waals surface area (Å²) in [6.45, 7) is 5.00. The van der Waals surface area contributed by atoms with E-state index in [4.69, 9.17) is 4.74 Å². The van der Waals surface area contributed by atoms with E-state index >= 15 is 0 Å². The van der Waals surface area contributed by atoms with Gasteiger partial charge in [-0.1, -0.05) is 18.2 Å². The third kappa shape index (κ3) is 4.97. The molecule has 1 aromatic heterocycles. The van der Waals surface area contributed by atoms with Gasteiger partial charge in [-0.2, -0.15) is 0 Å². The third-order valence-corrected chi connectivity index (χ3v) is 6.90. The van der Waals surface area contributed by atoms with Crippen molar-refractivity contribution in [1.82, 2.24) is 15.5 Å². The first-order chi connectivity index (χ1) is 14.2. The van der Waals surface area contributed by atoms with Crippen LogP contribution in [0.1, 0.15) is 29.3 Å². The average molecular weight is 417 g/mol. The highest BCUT2D eigenvalue weighted by atomic mass is 32.1. The molecule has 0 radical (unpaired) electrons. The molecule has 2 fully saturated rings. The van der Waals surface area contributed by atoms with Crippen LogP contribution in [-0.4, -0.2) is 57.3 Å². The van der Waals surface area contributed by atoms with E-state index in [0.717, 1.165) is 63.8 Å². The summed E-state index contributed by atoms with van der Waals surface area (Å²) < 4.78 is 19.2. The molecule has 2 heterocycles. The predicted molar refractivity (Wildman–Crippen MR) is 116 cm³/mol. The molecule has 1 atom stereocenters. The number of rotatable bonds is 7. The summed E-state index contributed by atoms with van der Waals surface area (Å²) in [6.07, 6.45) is 2.15. The van der Waals surface area contributed by atoms with Crippen LogP contribution >= 0.6 is 11.3 Å². The molecule has 0 amide bonds. The van der Waals surface area contributed by atoms with Crippen LogP contribution in [0.25, 0.3) is 0 Å². The number of halogens is 1. The van der Waals surface area contributed by atoms with Crippen LogP contribution in [0.15, 0.2) is 46.8 Å². The summed E-state index contributed by atoms with van der Waals surface area (Å²) in [5.41, 5.74) is 1.10. The molecule has 1 unspecified atom stereocenters. The summed E-state index contributed by atoms with van der Waals surface area (Å²) in [7, 11) is 1.80. The SMILES string of the molecule is CN=C(NCC(c1cccs1)N1CCOCC1)NCC1(c2cccc(F)c2)CC1. The van der Waals surface area contributed by atoms with E-state index < -0.39 is 0 Å². The zero-order valence-electron chi connectivity index (χ0n) is 16.9. The quantitative estimate of drug-likeness (QED) is 0.538. The van der Waals surface area contributed by atoms with Gasteiger partial charge < -0.3 is 15.4 Å². The lowest BCUT2D eigenvalue weighted by molar-refractivity contribution is 0.0177. The van der Waals surface area contributed by atoms with Crippen LogP contribution in [0.5, 0.6) is 0 Å². The molecule has 1 saturated heterocycles. The van der Waals surface area contributed by atoms with Gasteiger partial charge >= 0.3 is 0 Å². The summed E-state index contributed by atoms with van der Waals surface area (Å²) >= 11 is 1.79. The van der Waals surface area contributed by atoms with Crippen molar-refractivity contribution in [3.05, 3.63) is 58.0 Å². The predicted octanol–water partition coefficient (Wildman–Crippen LogP) is 3.16. The highest BCUT2D eigenvalue weighted by Gasteiger charge is 2.44. The molecule has 2 N–H and O–H groups in total. The Morgan fingerprint density at radius 1 is 1.24 bits per heavy atom. The fourth-order valence-corrected chi connectivity index (χ4v) is 4.84. The van der Waals surface area contributed by atoms with Crippen molar-refractivity contribution in [3.8, 4) is 0 Å². The highest BCUT2D eigenvalue weighted by molar-refractivity contribution is 7.10. The van der Waals surface area contributed by atoms with E-state index in [2.05, 4.69) is 38.0 Å². The van der Waals surface area contributed by atoms with Gasteiger partial charge in [0.05, 0.1) is 19.3 Å². The van der Waals surface area contributed by atoms with E-state index in [1.165, 1.54) is 10.9 Å². The molecule has 4 rings (SSSR count). The van der Waals surface area contributed by atoms with Crippen molar-refractivity contribution >= 4 is 17.3 Å². The molecule has 2 aliphatic rings. The van der Waals surface area contributed by atoms with Gasteiger partial charge in [-0.05, 0) is 42.0 Å². The molecule has 1 saturated carbocycles. The molecule has 1 aliphatic carbocycles. The number of morpholine rings is 1. The number of nitrogens with one attached hydrogen (secondary N) is 2. The highest BCUT2D eigenvalue weighted by Crippen LogP contribution is 2.47.